The Hall–Kier alpha value is -1.33. The molecule has 0 bridgehead atoms. The Bertz CT molecular complexity index is 491. The smallest absolute Gasteiger partial charge is 0.173 e. The van der Waals surface area contributed by atoms with Crippen LogP contribution in [-0.2, 0) is 6.42 Å². The van der Waals surface area contributed by atoms with Crippen molar-refractivity contribution in [3.63, 3.8) is 0 Å². The van der Waals surface area contributed by atoms with Crippen LogP contribution in [0.3, 0.4) is 0 Å². The molecule has 0 saturated heterocycles. The number of rotatable bonds is 3. The minimum atomic E-state index is -0.0558. The van der Waals surface area contributed by atoms with Crippen LogP contribution in [0.25, 0.3) is 0 Å². The maximum absolute atomic E-state index is 11.7. The van der Waals surface area contributed by atoms with Crippen molar-refractivity contribution in [3.05, 3.63) is 33.1 Å². The summed E-state index contributed by atoms with van der Waals surface area (Å²) in [4.78, 5) is 12.7. The van der Waals surface area contributed by atoms with Crippen molar-refractivity contribution in [3.8, 4) is 0 Å². The zero-order valence-electron chi connectivity index (χ0n) is 7.66. The van der Waals surface area contributed by atoms with Gasteiger partial charge in [-0.2, -0.15) is 5.10 Å². The molecule has 2 aromatic rings. The van der Waals surface area contributed by atoms with Crippen LogP contribution in [-0.4, -0.2) is 16.0 Å². The van der Waals surface area contributed by atoms with E-state index < -0.39 is 0 Å². The Labute approximate surface area is 95.1 Å². The van der Waals surface area contributed by atoms with Crippen LogP contribution in [0.2, 0.25) is 4.34 Å². The number of carbonyl (C=O) groups excluding carboxylic acids is 1. The van der Waals surface area contributed by atoms with Gasteiger partial charge in [-0.15, -0.1) is 11.3 Å². The molecule has 15 heavy (non-hydrogen) atoms. The van der Waals surface area contributed by atoms with Crippen molar-refractivity contribution in [2.75, 3.05) is 5.73 Å². The van der Waals surface area contributed by atoms with Gasteiger partial charge in [-0.1, -0.05) is 11.6 Å². The van der Waals surface area contributed by atoms with E-state index in [1.54, 1.807) is 6.07 Å². The van der Waals surface area contributed by atoms with Gasteiger partial charge in [0.2, 0.25) is 0 Å². The van der Waals surface area contributed by atoms with E-state index in [9.17, 15) is 4.79 Å². The molecule has 0 unspecified atom stereocenters. The average molecular weight is 242 g/mol. The minimum Gasteiger partial charge on any atom is -0.383 e. The second-order valence-electron chi connectivity index (χ2n) is 3.00. The third-order valence-electron chi connectivity index (χ3n) is 1.93. The Morgan fingerprint density at radius 3 is 2.93 bits per heavy atom. The van der Waals surface area contributed by atoms with Crippen molar-refractivity contribution in [1.82, 2.24) is 10.2 Å². The number of nitrogens with two attached hydrogens (primary N) is 1. The van der Waals surface area contributed by atoms with Crippen LogP contribution in [0.1, 0.15) is 15.2 Å². The minimum absolute atomic E-state index is 0.0558. The Kier molecular flexibility index (Phi) is 2.75. The van der Waals surface area contributed by atoms with Gasteiger partial charge >= 0.3 is 0 Å². The van der Waals surface area contributed by atoms with E-state index in [1.807, 2.05) is 6.07 Å². The average Bonchev–Trinajstić information content (AvgIpc) is 2.75. The number of halogens is 1. The van der Waals surface area contributed by atoms with Crippen molar-refractivity contribution >= 4 is 34.5 Å². The first kappa shape index (κ1) is 10.2. The van der Waals surface area contributed by atoms with E-state index in [4.69, 9.17) is 17.3 Å². The SMILES string of the molecule is Nc1[nH]ncc1C(=O)Cc1ccc(Cl)s1. The van der Waals surface area contributed by atoms with Crippen molar-refractivity contribution in [2.45, 2.75) is 6.42 Å². The number of anilines is 1. The van der Waals surface area contributed by atoms with Crippen molar-refractivity contribution in [1.29, 1.82) is 0 Å². The molecule has 0 atom stereocenters. The lowest BCUT2D eigenvalue weighted by atomic mass is 10.1. The molecule has 78 valence electrons. The van der Waals surface area contributed by atoms with Gasteiger partial charge in [0.1, 0.15) is 5.82 Å². The summed E-state index contributed by atoms with van der Waals surface area (Å²) < 4.78 is 0.679. The fourth-order valence-corrected chi connectivity index (χ4v) is 2.30. The van der Waals surface area contributed by atoms with E-state index in [1.165, 1.54) is 17.5 Å². The number of Topliss-reactive ketones (excluding diaryl/α,β-unsaturated/α-hetero) is 1. The maximum Gasteiger partial charge on any atom is 0.173 e. The molecule has 2 rings (SSSR count). The van der Waals surface area contributed by atoms with E-state index in [0.717, 1.165) is 4.88 Å². The molecule has 6 heteroatoms. The summed E-state index contributed by atoms with van der Waals surface area (Å²) in [6, 6.07) is 3.61. The van der Waals surface area contributed by atoms with Crippen LogP contribution in [0.5, 0.6) is 0 Å². The van der Waals surface area contributed by atoms with E-state index in [2.05, 4.69) is 10.2 Å². The number of aromatic amines is 1. The molecular formula is C9H8ClN3OS. The van der Waals surface area contributed by atoms with Crippen LogP contribution < -0.4 is 5.73 Å². The molecule has 4 nitrogen and oxygen atoms in total. The number of carbonyl (C=O) groups is 1. The molecule has 0 fully saturated rings. The molecule has 0 spiro atoms. The molecule has 0 aromatic carbocycles. The second kappa shape index (κ2) is 4.04. The lowest BCUT2D eigenvalue weighted by molar-refractivity contribution is 0.0994. The van der Waals surface area contributed by atoms with Gasteiger partial charge in [-0.05, 0) is 12.1 Å². The number of nitrogens with one attached hydrogen (secondary N) is 1. The highest BCUT2D eigenvalue weighted by molar-refractivity contribution is 7.16. The zero-order chi connectivity index (χ0) is 10.8. The van der Waals surface area contributed by atoms with Crippen LogP contribution in [0.15, 0.2) is 18.3 Å². The van der Waals surface area contributed by atoms with Gasteiger partial charge in [0, 0.05) is 11.3 Å². The number of hydrogen-bond acceptors (Lipinski definition) is 4. The van der Waals surface area contributed by atoms with Gasteiger partial charge in [0.05, 0.1) is 16.1 Å². The van der Waals surface area contributed by atoms with E-state index in [0.29, 0.717) is 22.1 Å². The van der Waals surface area contributed by atoms with Gasteiger partial charge in [-0.3, -0.25) is 9.89 Å². The molecular weight excluding hydrogens is 234 g/mol. The highest BCUT2D eigenvalue weighted by atomic mass is 35.5. The lowest BCUT2D eigenvalue weighted by Crippen LogP contribution is -2.04. The van der Waals surface area contributed by atoms with E-state index >= 15 is 0 Å². The Morgan fingerprint density at radius 1 is 1.60 bits per heavy atom. The van der Waals surface area contributed by atoms with Crippen LogP contribution in [0.4, 0.5) is 5.82 Å². The van der Waals surface area contributed by atoms with Gasteiger partial charge in [0.25, 0.3) is 0 Å². The van der Waals surface area contributed by atoms with Crippen LogP contribution >= 0.6 is 22.9 Å². The molecule has 0 aliphatic carbocycles. The fourth-order valence-electron chi connectivity index (χ4n) is 1.22. The highest BCUT2D eigenvalue weighted by Crippen LogP contribution is 2.23. The molecule has 0 radical (unpaired) electrons. The predicted molar refractivity (Wildman–Crippen MR) is 60.4 cm³/mol. The number of nitrogen functional groups attached to an aromatic ring is 1. The molecule has 0 amide bonds. The zero-order valence-corrected chi connectivity index (χ0v) is 9.23. The molecule has 2 aromatic heterocycles. The molecule has 0 saturated carbocycles. The van der Waals surface area contributed by atoms with Gasteiger partial charge in [0.15, 0.2) is 5.78 Å². The monoisotopic (exact) mass is 241 g/mol. The Balaban J connectivity index is 2.14. The molecule has 2 heterocycles. The third-order valence-corrected chi connectivity index (χ3v) is 3.16. The predicted octanol–water partition coefficient (Wildman–Crippen LogP) is 2.13. The first-order valence-electron chi connectivity index (χ1n) is 4.23. The largest absolute Gasteiger partial charge is 0.383 e. The number of H-pyrrole nitrogens is 1. The normalized spacial score (nSPS) is 10.5. The number of nitrogens with zero attached hydrogens (tertiary/aromatic N) is 1. The third kappa shape index (κ3) is 2.19. The van der Waals surface area contributed by atoms with Gasteiger partial charge in [-0.25, -0.2) is 0 Å². The number of ketones is 1. The molecule has 3 N–H and O–H groups in total. The molecule has 0 aliphatic rings. The number of hydrogen-bond donors (Lipinski definition) is 2. The summed E-state index contributed by atoms with van der Waals surface area (Å²) in [6.07, 6.45) is 1.74. The van der Waals surface area contributed by atoms with Crippen molar-refractivity contribution < 1.29 is 4.79 Å². The standard InChI is InChI=1S/C9H8ClN3OS/c10-8-2-1-5(15-8)3-7(14)6-4-12-13-9(6)11/h1-2,4H,3H2,(H3,11,12,13). The summed E-state index contributed by atoms with van der Waals surface area (Å²) in [7, 11) is 0. The highest BCUT2D eigenvalue weighted by Gasteiger charge is 2.13. The fraction of sp³-hybridized carbons (Fsp3) is 0.111. The topological polar surface area (TPSA) is 71.8 Å². The van der Waals surface area contributed by atoms with Gasteiger partial charge < -0.3 is 5.73 Å². The Morgan fingerprint density at radius 2 is 2.40 bits per heavy atom. The summed E-state index contributed by atoms with van der Waals surface area (Å²) >= 11 is 7.16. The lowest BCUT2D eigenvalue weighted by Gasteiger charge is -1.95. The first-order valence-corrected chi connectivity index (χ1v) is 5.42. The molecule has 0 aliphatic heterocycles. The summed E-state index contributed by atoms with van der Waals surface area (Å²) in [5.41, 5.74) is 5.97. The summed E-state index contributed by atoms with van der Waals surface area (Å²) in [5.74, 6) is 0.252. The van der Waals surface area contributed by atoms with Crippen molar-refractivity contribution in [2.24, 2.45) is 0 Å². The number of thiophene rings is 1. The van der Waals surface area contributed by atoms with E-state index in [-0.39, 0.29) is 5.78 Å². The first-order chi connectivity index (χ1) is 7.16. The maximum atomic E-state index is 11.7. The second-order valence-corrected chi connectivity index (χ2v) is 4.80. The summed E-state index contributed by atoms with van der Waals surface area (Å²) in [6.45, 7) is 0. The van der Waals surface area contributed by atoms with Crippen LogP contribution in [0, 0.1) is 0 Å². The number of aromatic nitrogens is 2. The summed E-state index contributed by atoms with van der Waals surface area (Å²) in [5, 5.41) is 6.22. The quantitative estimate of drug-likeness (QED) is 0.809.